The molecule has 158 valence electrons. The second-order valence-corrected chi connectivity index (χ2v) is 7.14. The summed E-state index contributed by atoms with van der Waals surface area (Å²) >= 11 is 0. The van der Waals surface area contributed by atoms with Gasteiger partial charge in [0, 0.05) is 11.8 Å². The number of methoxy groups -OCH3 is 1. The van der Waals surface area contributed by atoms with E-state index < -0.39 is 6.09 Å². The molecule has 0 aliphatic heterocycles. The molecule has 0 bridgehead atoms. The SMILES string of the molecule is COc1ccccc1Cn1c(C(C)NC(=O)OCc2ccccc2)nc2cccnc21. The topological polar surface area (TPSA) is 78.3 Å². The van der Waals surface area contributed by atoms with E-state index in [1.54, 1.807) is 13.3 Å². The molecule has 0 saturated heterocycles. The lowest BCUT2D eigenvalue weighted by molar-refractivity contribution is 0.136. The third-order valence-corrected chi connectivity index (χ3v) is 4.99. The molecule has 0 spiro atoms. The van der Waals surface area contributed by atoms with Gasteiger partial charge in [-0.05, 0) is 30.7 Å². The van der Waals surface area contributed by atoms with Crippen molar-refractivity contribution in [3.63, 3.8) is 0 Å². The van der Waals surface area contributed by atoms with Crippen LogP contribution in [0.3, 0.4) is 0 Å². The van der Waals surface area contributed by atoms with Crippen LogP contribution in [0.4, 0.5) is 4.79 Å². The number of imidazole rings is 1. The van der Waals surface area contributed by atoms with Crippen molar-refractivity contribution in [1.29, 1.82) is 0 Å². The maximum Gasteiger partial charge on any atom is 0.408 e. The number of nitrogens with one attached hydrogen (secondary N) is 1. The van der Waals surface area contributed by atoms with Gasteiger partial charge in [-0.2, -0.15) is 0 Å². The Kier molecular flexibility index (Phi) is 6.12. The zero-order valence-corrected chi connectivity index (χ0v) is 17.5. The molecule has 1 atom stereocenters. The van der Waals surface area contributed by atoms with Crippen molar-refractivity contribution in [3.05, 3.63) is 89.9 Å². The summed E-state index contributed by atoms with van der Waals surface area (Å²) < 4.78 is 12.9. The van der Waals surface area contributed by atoms with Crippen LogP contribution < -0.4 is 10.1 Å². The number of carbonyl (C=O) groups is 1. The van der Waals surface area contributed by atoms with E-state index in [4.69, 9.17) is 14.5 Å². The van der Waals surface area contributed by atoms with Gasteiger partial charge in [-0.25, -0.2) is 14.8 Å². The van der Waals surface area contributed by atoms with Gasteiger partial charge in [0.05, 0.1) is 19.7 Å². The van der Waals surface area contributed by atoms with Crippen molar-refractivity contribution >= 4 is 17.3 Å². The molecule has 2 heterocycles. The predicted octanol–water partition coefficient (Wildman–Crippen LogP) is 4.48. The summed E-state index contributed by atoms with van der Waals surface area (Å²) in [4.78, 5) is 21.6. The zero-order valence-electron chi connectivity index (χ0n) is 17.5. The number of carbonyl (C=O) groups excluding carboxylic acids is 1. The molecular weight excluding hydrogens is 392 g/mol. The maximum atomic E-state index is 12.4. The largest absolute Gasteiger partial charge is 0.496 e. The van der Waals surface area contributed by atoms with E-state index in [1.807, 2.05) is 78.2 Å². The van der Waals surface area contributed by atoms with Gasteiger partial charge >= 0.3 is 6.09 Å². The maximum absolute atomic E-state index is 12.4. The molecule has 31 heavy (non-hydrogen) atoms. The highest BCUT2D eigenvalue weighted by atomic mass is 16.5. The van der Waals surface area contributed by atoms with Gasteiger partial charge in [0.25, 0.3) is 0 Å². The van der Waals surface area contributed by atoms with Crippen LogP contribution in [-0.4, -0.2) is 27.7 Å². The number of hydrogen-bond donors (Lipinski definition) is 1. The number of aromatic nitrogens is 3. The number of rotatable bonds is 7. The molecule has 2 aromatic carbocycles. The second kappa shape index (κ2) is 9.30. The first-order chi connectivity index (χ1) is 15.2. The summed E-state index contributed by atoms with van der Waals surface area (Å²) in [5.41, 5.74) is 3.43. The van der Waals surface area contributed by atoms with Gasteiger partial charge < -0.3 is 19.4 Å². The molecule has 2 aromatic heterocycles. The molecule has 0 aliphatic carbocycles. The van der Waals surface area contributed by atoms with Crippen LogP contribution in [0.2, 0.25) is 0 Å². The van der Waals surface area contributed by atoms with Gasteiger partial charge in [-0.1, -0.05) is 48.5 Å². The highest BCUT2D eigenvalue weighted by Crippen LogP contribution is 2.24. The lowest BCUT2D eigenvalue weighted by Gasteiger charge is -2.17. The van der Waals surface area contributed by atoms with Gasteiger partial charge in [-0.3, -0.25) is 0 Å². The Balaban J connectivity index is 1.56. The summed E-state index contributed by atoms with van der Waals surface area (Å²) in [7, 11) is 1.65. The molecular formula is C24H24N4O3. The lowest BCUT2D eigenvalue weighted by Crippen LogP contribution is -2.29. The average Bonchev–Trinajstić information content (AvgIpc) is 3.17. The number of pyridine rings is 1. The number of fused-ring (bicyclic) bond motifs is 1. The lowest BCUT2D eigenvalue weighted by atomic mass is 10.2. The Labute approximate surface area is 180 Å². The molecule has 0 aliphatic rings. The molecule has 7 heteroatoms. The number of nitrogens with zero attached hydrogens (tertiary/aromatic N) is 3. The van der Waals surface area contributed by atoms with Crippen LogP contribution in [0.1, 0.15) is 29.9 Å². The van der Waals surface area contributed by atoms with E-state index in [0.717, 1.165) is 28.0 Å². The van der Waals surface area contributed by atoms with E-state index in [-0.39, 0.29) is 12.6 Å². The average molecular weight is 416 g/mol. The van der Waals surface area contributed by atoms with Gasteiger partial charge in [0.1, 0.15) is 23.7 Å². The standard InChI is InChI=1S/C24H24N4O3/c1-17(26-24(29)31-16-18-9-4-3-5-10-18)22-27-20-12-8-14-25-23(20)28(22)15-19-11-6-7-13-21(19)30-2/h3-14,17H,15-16H2,1-2H3,(H,26,29). The molecule has 1 amide bonds. The van der Waals surface area contributed by atoms with Crippen molar-refractivity contribution in [1.82, 2.24) is 19.9 Å². The zero-order chi connectivity index (χ0) is 21.6. The van der Waals surface area contributed by atoms with Crippen molar-refractivity contribution in [2.45, 2.75) is 26.1 Å². The van der Waals surface area contributed by atoms with Crippen molar-refractivity contribution < 1.29 is 14.3 Å². The smallest absolute Gasteiger partial charge is 0.408 e. The Hall–Kier alpha value is -3.87. The summed E-state index contributed by atoms with van der Waals surface area (Å²) in [5, 5.41) is 2.88. The van der Waals surface area contributed by atoms with E-state index in [9.17, 15) is 4.79 Å². The van der Waals surface area contributed by atoms with Gasteiger partial charge in [-0.15, -0.1) is 0 Å². The highest BCUT2D eigenvalue weighted by Gasteiger charge is 2.20. The van der Waals surface area contributed by atoms with Gasteiger partial charge in [0.2, 0.25) is 0 Å². The first-order valence-corrected chi connectivity index (χ1v) is 10.1. The molecule has 1 unspecified atom stereocenters. The van der Waals surface area contributed by atoms with Gasteiger partial charge in [0.15, 0.2) is 5.65 Å². The van der Waals surface area contributed by atoms with Crippen LogP contribution >= 0.6 is 0 Å². The van der Waals surface area contributed by atoms with E-state index >= 15 is 0 Å². The van der Waals surface area contributed by atoms with Crippen molar-refractivity contribution in [2.75, 3.05) is 7.11 Å². The summed E-state index contributed by atoms with van der Waals surface area (Å²) in [6.07, 6.45) is 1.24. The number of amides is 1. The third-order valence-electron chi connectivity index (χ3n) is 4.99. The quantitative estimate of drug-likeness (QED) is 0.481. The second-order valence-electron chi connectivity index (χ2n) is 7.14. The fourth-order valence-electron chi connectivity index (χ4n) is 3.47. The normalized spacial score (nSPS) is 11.8. The monoisotopic (exact) mass is 416 g/mol. The Morgan fingerprint density at radius 3 is 2.65 bits per heavy atom. The minimum Gasteiger partial charge on any atom is -0.496 e. The third kappa shape index (κ3) is 4.66. The van der Waals surface area contributed by atoms with Crippen LogP contribution in [0, 0.1) is 0 Å². The number of alkyl carbamates (subject to hydrolysis) is 1. The molecule has 0 saturated carbocycles. The number of hydrogen-bond acceptors (Lipinski definition) is 5. The molecule has 7 nitrogen and oxygen atoms in total. The summed E-state index contributed by atoms with van der Waals surface area (Å²) in [5.74, 6) is 1.48. The van der Waals surface area contributed by atoms with Crippen molar-refractivity contribution in [3.8, 4) is 5.75 Å². The summed E-state index contributed by atoms with van der Waals surface area (Å²) in [6.45, 7) is 2.60. The summed E-state index contributed by atoms with van der Waals surface area (Å²) in [6, 6.07) is 20.8. The Bertz CT molecular complexity index is 1170. The molecule has 4 aromatic rings. The van der Waals surface area contributed by atoms with E-state index in [0.29, 0.717) is 12.4 Å². The Morgan fingerprint density at radius 2 is 1.84 bits per heavy atom. The molecule has 0 fully saturated rings. The number of ether oxygens (including phenoxy) is 2. The molecule has 4 rings (SSSR count). The van der Waals surface area contributed by atoms with E-state index in [1.165, 1.54) is 0 Å². The first kappa shape index (κ1) is 20.4. The van der Waals surface area contributed by atoms with Crippen LogP contribution in [0.5, 0.6) is 5.75 Å². The van der Waals surface area contributed by atoms with E-state index in [2.05, 4.69) is 10.3 Å². The minimum atomic E-state index is -0.500. The van der Waals surface area contributed by atoms with Crippen molar-refractivity contribution in [2.24, 2.45) is 0 Å². The Morgan fingerprint density at radius 1 is 1.06 bits per heavy atom. The molecule has 1 N–H and O–H groups in total. The first-order valence-electron chi connectivity index (χ1n) is 10.1. The van der Waals surface area contributed by atoms with Crippen LogP contribution in [0.25, 0.3) is 11.2 Å². The predicted molar refractivity (Wildman–Crippen MR) is 118 cm³/mol. The minimum absolute atomic E-state index is 0.207. The highest BCUT2D eigenvalue weighted by molar-refractivity contribution is 5.72. The fraction of sp³-hybridized carbons (Fsp3) is 0.208. The molecule has 0 radical (unpaired) electrons. The number of para-hydroxylation sites is 1. The van der Waals surface area contributed by atoms with Crippen LogP contribution in [0.15, 0.2) is 72.9 Å². The number of benzene rings is 2. The van der Waals surface area contributed by atoms with Crippen LogP contribution in [-0.2, 0) is 17.9 Å². The fourth-order valence-corrected chi connectivity index (χ4v) is 3.47.